The molecule has 0 aliphatic heterocycles. The van der Waals surface area contributed by atoms with Gasteiger partial charge >= 0.3 is 0 Å². The Kier molecular flexibility index (Phi) is 15.0. The molecule has 0 saturated heterocycles. The van der Waals surface area contributed by atoms with E-state index in [1.165, 1.54) is 0 Å². The van der Waals surface area contributed by atoms with E-state index in [1.807, 2.05) is 51.1 Å². The molecule has 1 aromatic carbocycles. The Bertz CT molecular complexity index is 854. The molecule has 0 fully saturated rings. The third kappa shape index (κ3) is 13.2. The maximum Gasteiger partial charge on any atom is 0.224 e. The monoisotopic (exact) mass is 501 g/mol. The molecule has 0 radical (unpaired) electrons. The van der Waals surface area contributed by atoms with E-state index in [2.05, 4.69) is 16.0 Å². The predicted molar refractivity (Wildman–Crippen MR) is 140 cm³/mol. The van der Waals surface area contributed by atoms with Crippen LogP contribution in [-0.4, -0.2) is 48.4 Å². The Morgan fingerprint density at radius 2 is 1.58 bits per heavy atom. The zero-order valence-electron chi connectivity index (χ0n) is 22.2. The first-order valence-electron chi connectivity index (χ1n) is 13.1. The van der Waals surface area contributed by atoms with Crippen molar-refractivity contribution in [2.24, 2.45) is 11.8 Å². The number of benzene rings is 1. The maximum absolute atomic E-state index is 13.3. The van der Waals surface area contributed by atoms with Crippen LogP contribution in [0.4, 0.5) is 0 Å². The summed E-state index contributed by atoms with van der Waals surface area (Å²) in [5.41, 5.74) is 0.901. The Balaban J connectivity index is 2.88. The Hall–Kier alpha value is -3.03. The third-order valence-corrected chi connectivity index (χ3v) is 5.84. The van der Waals surface area contributed by atoms with Gasteiger partial charge in [0.2, 0.25) is 17.7 Å². The topological polar surface area (TPSA) is 121 Å². The van der Waals surface area contributed by atoms with Crippen molar-refractivity contribution in [3.8, 4) is 0 Å². The van der Waals surface area contributed by atoms with Gasteiger partial charge in [-0.25, -0.2) is 0 Å². The van der Waals surface area contributed by atoms with Gasteiger partial charge in [0.1, 0.15) is 0 Å². The second-order valence-corrected chi connectivity index (χ2v) is 9.62. The lowest BCUT2D eigenvalue weighted by Crippen LogP contribution is -2.46. The number of rotatable bonds is 18. The van der Waals surface area contributed by atoms with Crippen LogP contribution in [0, 0.1) is 11.8 Å². The van der Waals surface area contributed by atoms with E-state index in [9.17, 15) is 24.0 Å². The number of carbonyl (C=O) groups excluding carboxylic acids is 5. The van der Waals surface area contributed by atoms with Gasteiger partial charge in [-0.05, 0) is 30.7 Å². The van der Waals surface area contributed by atoms with Gasteiger partial charge in [0.15, 0.2) is 11.6 Å². The van der Waals surface area contributed by atoms with Gasteiger partial charge in [-0.1, -0.05) is 64.4 Å². The van der Waals surface area contributed by atoms with Crippen molar-refractivity contribution in [2.75, 3.05) is 13.1 Å². The molecule has 0 saturated carbocycles. The van der Waals surface area contributed by atoms with Crippen molar-refractivity contribution in [1.29, 1.82) is 0 Å². The lowest BCUT2D eigenvalue weighted by Gasteiger charge is -2.23. The Morgan fingerprint density at radius 3 is 2.19 bits per heavy atom. The summed E-state index contributed by atoms with van der Waals surface area (Å²) in [7, 11) is 0. The SMILES string of the molecule is CCCCNC(=O)CCC(=O)C(CC(C)C)NC(=O)C(CC(=O)CNC(=O)CC)Cc1ccccc1. The Labute approximate surface area is 215 Å². The summed E-state index contributed by atoms with van der Waals surface area (Å²) < 4.78 is 0. The first-order chi connectivity index (χ1) is 17.2. The fraction of sp³-hybridized carbons (Fsp3) is 0.607. The average Bonchev–Trinajstić information content (AvgIpc) is 2.85. The standard InChI is InChI=1S/C28H43N3O5/c1-5-7-15-29-27(35)14-13-25(33)24(16-20(3)4)31-28(36)22(17-21-11-9-8-10-12-21)18-23(32)19-30-26(34)6-2/h8-12,20,22,24H,5-7,13-19H2,1-4H3,(H,29,35)(H,30,34)(H,31,36). The highest BCUT2D eigenvalue weighted by atomic mass is 16.2. The highest BCUT2D eigenvalue weighted by Gasteiger charge is 2.28. The van der Waals surface area contributed by atoms with Gasteiger partial charge in [0.05, 0.1) is 12.6 Å². The predicted octanol–water partition coefficient (Wildman–Crippen LogP) is 3.13. The largest absolute Gasteiger partial charge is 0.356 e. The van der Waals surface area contributed by atoms with Gasteiger partial charge in [-0.3, -0.25) is 24.0 Å². The van der Waals surface area contributed by atoms with Crippen molar-refractivity contribution in [3.05, 3.63) is 35.9 Å². The van der Waals surface area contributed by atoms with Crippen LogP contribution >= 0.6 is 0 Å². The third-order valence-electron chi connectivity index (χ3n) is 5.84. The summed E-state index contributed by atoms with van der Waals surface area (Å²) in [6.07, 6.45) is 2.98. The molecule has 0 aromatic heterocycles. The van der Waals surface area contributed by atoms with E-state index in [4.69, 9.17) is 0 Å². The summed E-state index contributed by atoms with van der Waals surface area (Å²) in [6, 6.07) is 8.65. The van der Waals surface area contributed by atoms with E-state index in [-0.39, 0.29) is 67.4 Å². The van der Waals surface area contributed by atoms with Crippen molar-refractivity contribution in [1.82, 2.24) is 16.0 Å². The fourth-order valence-corrected chi connectivity index (χ4v) is 3.76. The molecule has 2 unspecified atom stereocenters. The van der Waals surface area contributed by atoms with Crippen LogP contribution < -0.4 is 16.0 Å². The summed E-state index contributed by atoms with van der Waals surface area (Å²) in [5.74, 6) is -1.75. The van der Waals surface area contributed by atoms with Crippen molar-refractivity contribution >= 4 is 29.3 Å². The molecule has 8 heteroatoms. The number of hydrogen-bond acceptors (Lipinski definition) is 5. The normalized spacial score (nSPS) is 12.5. The van der Waals surface area contributed by atoms with Gasteiger partial charge < -0.3 is 16.0 Å². The summed E-state index contributed by atoms with van der Waals surface area (Å²) in [4.78, 5) is 62.4. The lowest BCUT2D eigenvalue weighted by atomic mass is 9.91. The van der Waals surface area contributed by atoms with Crippen molar-refractivity contribution in [2.45, 2.75) is 85.1 Å². The molecule has 1 rings (SSSR count). The van der Waals surface area contributed by atoms with Crippen LogP contribution in [0.2, 0.25) is 0 Å². The molecular formula is C28H43N3O5. The minimum Gasteiger partial charge on any atom is -0.356 e. The first kappa shape index (κ1) is 31.0. The molecule has 0 bridgehead atoms. The summed E-state index contributed by atoms with van der Waals surface area (Å²) >= 11 is 0. The first-order valence-corrected chi connectivity index (χ1v) is 13.1. The van der Waals surface area contributed by atoms with E-state index >= 15 is 0 Å². The fourth-order valence-electron chi connectivity index (χ4n) is 3.76. The van der Waals surface area contributed by atoms with Gasteiger partial charge in [-0.15, -0.1) is 0 Å². The number of ketones is 2. The van der Waals surface area contributed by atoms with Gasteiger partial charge in [0, 0.05) is 38.1 Å². The Morgan fingerprint density at radius 1 is 0.889 bits per heavy atom. The number of nitrogens with one attached hydrogen (secondary N) is 3. The number of amides is 3. The van der Waals surface area contributed by atoms with E-state index in [0.717, 1.165) is 18.4 Å². The number of carbonyl (C=O) groups is 5. The zero-order valence-corrected chi connectivity index (χ0v) is 22.2. The molecule has 0 aliphatic rings. The smallest absolute Gasteiger partial charge is 0.224 e. The summed E-state index contributed by atoms with van der Waals surface area (Å²) in [6.45, 7) is 8.12. The molecule has 200 valence electrons. The highest BCUT2D eigenvalue weighted by molar-refractivity contribution is 5.94. The van der Waals surface area contributed by atoms with Crippen molar-refractivity contribution < 1.29 is 24.0 Å². The minimum atomic E-state index is -0.728. The zero-order chi connectivity index (χ0) is 26.9. The average molecular weight is 502 g/mol. The molecule has 0 heterocycles. The van der Waals surface area contributed by atoms with Crippen LogP contribution in [0.3, 0.4) is 0 Å². The van der Waals surface area contributed by atoms with E-state index in [1.54, 1.807) is 6.92 Å². The molecular weight excluding hydrogens is 458 g/mol. The maximum atomic E-state index is 13.3. The van der Waals surface area contributed by atoms with E-state index in [0.29, 0.717) is 19.4 Å². The second-order valence-electron chi connectivity index (χ2n) is 9.62. The molecule has 3 N–H and O–H groups in total. The van der Waals surface area contributed by atoms with Crippen molar-refractivity contribution in [3.63, 3.8) is 0 Å². The molecule has 2 atom stereocenters. The van der Waals surface area contributed by atoms with Crippen LogP contribution in [0.25, 0.3) is 0 Å². The molecule has 36 heavy (non-hydrogen) atoms. The molecule has 3 amide bonds. The quantitative estimate of drug-likeness (QED) is 0.267. The molecule has 0 spiro atoms. The molecule has 0 aliphatic carbocycles. The van der Waals surface area contributed by atoms with Crippen LogP contribution in [0.5, 0.6) is 0 Å². The van der Waals surface area contributed by atoms with Crippen LogP contribution in [0.1, 0.15) is 78.2 Å². The molecule has 1 aromatic rings. The minimum absolute atomic E-state index is 0.0426. The number of Topliss-reactive ketones (excluding diaryl/α,β-unsaturated/α-hetero) is 2. The number of unbranched alkanes of at least 4 members (excludes halogenated alkanes) is 1. The van der Waals surface area contributed by atoms with Gasteiger partial charge in [-0.2, -0.15) is 0 Å². The number of hydrogen-bond donors (Lipinski definition) is 3. The second kappa shape index (κ2) is 17.4. The molecule has 8 nitrogen and oxygen atoms in total. The van der Waals surface area contributed by atoms with Crippen LogP contribution in [-0.2, 0) is 30.4 Å². The summed E-state index contributed by atoms with van der Waals surface area (Å²) in [5, 5.41) is 8.23. The van der Waals surface area contributed by atoms with Crippen LogP contribution in [0.15, 0.2) is 30.3 Å². The van der Waals surface area contributed by atoms with Gasteiger partial charge in [0.25, 0.3) is 0 Å². The highest BCUT2D eigenvalue weighted by Crippen LogP contribution is 2.16. The lowest BCUT2D eigenvalue weighted by molar-refractivity contribution is -0.133. The van der Waals surface area contributed by atoms with E-state index < -0.39 is 12.0 Å².